The quantitative estimate of drug-likeness (QED) is 0.717. The van der Waals surface area contributed by atoms with Crippen LogP contribution in [0.3, 0.4) is 0 Å². The van der Waals surface area contributed by atoms with Gasteiger partial charge in [-0.2, -0.15) is 4.98 Å². The Morgan fingerprint density at radius 3 is 2.71 bits per heavy atom. The van der Waals surface area contributed by atoms with Gasteiger partial charge in [-0.3, -0.25) is 0 Å². The van der Waals surface area contributed by atoms with Gasteiger partial charge in [-0.15, -0.1) is 0 Å². The summed E-state index contributed by atoms with van der Waals surface area (Å²) in [5, 5.41) is 3.65. The van der Waals surface area contributed by atoms with Crippen molar-refractivity contribution in [3.63, 3.8) is 0 Å². The fraction of sp³-hybridized carbons (Fsp3) is 0.111. The molecule has 24 heavy (non-hydrogen) atoms. The van der Waals surface area contributed by atoms with E-state index in [4.69, 9.17) is 21.1 Å². The van der Waals surface area contributed by atoms with Crippen molar-refractivity contribution in [2.45, 2.75) is 6.61 Å². The van der Waals surface area contributed by atoms with Crippen LogP contribution in [0.5, 0.6) is 11.6 Å². The van der Waals surface area contributed by atoms with E-state index < -0.39 is 0 Å². The largest absolute Gasteiger partial charge is 0.487 e. The summed E-state index contributed by atoms with van der Waals surface area (Å²) in [6, 6.07) is 17.0. The number of hydrogen-bond acceptors (Lipinski definition) is 5. The zero-order valence-electron chi connectivity index (χ0n) is 13.1. The lowest BCUT2D eigenvalue weighted by atomic mass is 10.2. The van der Waals surface area contributed by atoms with E-state index in [2.05, 4.69) is 15.3 Å². The minimum absolute atomic E-state index is 0.436. The van der Waals surface area contributed by atoms with Crippen LogP contribution in [0.15, 0.2) is 60.8 Å². The van der Waals surface area contributed by atoms with Gasteiger partial charge in [0.15, 0.2) is 0 Å². The van der Waals surface area contributed by atoms with E-state index in [1.807, 2.05) is 42.5 Å². The van der Waals surface area contributed by atoms with Gasteiger partial charge < -0.3 is 14.8 Å². The number of anilines is 2. The predicted molar refractivity (Wildman–Crippen MR) is 94.1 cm³/mol. The molecule has 1 aromatic heterocycles. The Hall–Kier alpha value is -2.79. The number of rotatable bonds is 6. The van der Waals surface area contributed by atoms with Gasteiger partial charge in [0.2, 0.25) is 11.8 Å². The fourth-order valence-electron chi connectivity index (χ4n) is 2.07. The number of methoxy groups -OCH3 is 1. The van der Waals surface area contributed by atoms with E-state index in [1.165, 1.54) is 0 Å². The summed E-state index contributed by atoms with van der Waals surface area (Å²) in [4.78, 5) is 8.37. The van der Waals surface area contributed by atoms with Crippen LogP contribution < -0.4 is 14.8 Å². The Balaban J connectivity index is 1.73. The maximum atomic E-state index is 6.21. The van der Waals surface area contributed by atoms with Crippen molar-refractivity contribution in [1.29, 1.82) is 0 Å². The van der Waals surface area contributed by atoms with E-state index in [0.717, 1.165) is 11.3 Å². The third-order valence-corrected chi connectivity index (χ3v) is 3.58. The van der Waals surface area contributed by atoms with Crippen LogP contribution in [-0.4, -0.2) is 17.1 Å². The van der Waals surface area contributed by atoms with Crippen molar-refractivity contribution in [3.05, 3.63) is 71.4 Å². The molecule has 3 aromatic rings. The van der Waals surface area contributed by atoms with Gasteiger partial charge in [-0.25, -0.2) is 4.98 Å². The molecule has 0 aliphatic carbocycles. The second kappa shape index (κ2) is 7.66. The fourth-order valence-corrected chi connectivity index (χ4v) is 2.24. The van der Waals surface area contributed by atoms with Gasteiger partial charge in [-0.05, 0) is 17.7 Å². The highest BCUT2D eigenvalue weighted by Gasteiger charge is 2.06. The Labute approximate surface area is 145 Å². The van der Waals surface area contributed by atoms with Crippen LogP contribution in [0, 0.1) is 0 Å². The molecule has 1 N–H and O–H groups in total. The number of halogens is 1. The standard InChI is InChI=1S/C18H16ClN3O2/c1-23-17-9-10-20-18(22-17)21-14-7-8-15(19)16(11-14)24-12-13-5-3-2-4-6-13/h2-11H,12H2,1H3,(H,20,21,22). The Kier molecular flexibility index (Phi) is 5.13. The van der Waals surface area contributed by atoms with Gasteiger partial charge in [0.1, 0.15) is 12.4 Å². The van der Waals surface area contributed by atoms with Gasteiger partial charge in [0.05, 0.1) is 12.1 Å². The Morgan fingerprint density at radius 1 is 1.08 bits per heavy atom. The molecule has 0 saturated heterocycles. The Morgan fingerprint density at radius 2 is 1.92 bits per heavy atom. The van der Waals surface area contributed by atoms with Gasteiger partial charge in [0.25, 0.3) is 0 Å². The molecule has 0 saturated carbocycles. The number of ether oxygens (including phenoxy) is 2. The van der Waals surface area contributed by atoms with Crippen molar-refractivity contribution >= 4 is 23.2 Å². The number of nitrogens with one attached hydrogen (secondary N) is 1. The van der Waals surface area contributed by atoms with Crippen LogP contribution in [0.25, 0.3) is 0 Å². The summed E-state index contributed by atoms with van der Waals surface area (Å²) in [6.45, 7) is 0.444. The van der Waals surface area contributed by atoms with E-state index >= 15 is 0 Å². The highest BCUT2D eigenvalue weighted by Crippen LogP contribution is 2.29. The second-order valence-corrected chi connectivity index (χ2v) is 5.37. The molecule has 5 nitrogen and oxygen atoms in total. The first-order chi connectivity index (χ1) is 11.7. The van der Waals surface area contributed by atoms with Crippen molar-refractivity contribution in [2.75, 3.05) is 12.4 Å². The summed E-state index contributed by atoms with van der Waals surface area (Å²) in [6.07, 6.45) is 1.62. The summed E-state index contributed by atoms with van der Waals surface area (Å²) in [5.74, 6) is 1.51. The summed E-state index contributed by atoms with van der Waals surface area (Å²) in [7, 11) is 1.56. The summed E-state index contributed by atoms with van der Waals surface area (Å²) in [5.41, 5.74) is 1.85. The topological polar surface area (TPSA) is 56.3 Å². The molecule has 3 rings (SSSR count). The highest BCUT2D eigenvalue weighted by molar-refractivity contribution is 6.32. The first kappa shape index (κ1) is 16.1. The number of hydrogen-bond donors (Lipinski definition) is 1. The summed E-state index contributed by atoms with van der Waals surface area (Å²) >= 11 is 6.21. The van der Waals surface area contributed by atoms with Crippen molar-refractivity contribution < 1.29 is 9.47 Å². The molecule has 122 valence electrons. The molecule has 1 heterocycles. The second-order valence-electron chi connectivity index (χ2n) is 4.97. The predicted octanol–water partition coefficient (Wildman–Crippen LogP) is 4.46. The van der Waals surface area contributed by atoms with Crippen LogP contribution in [0.2, 0.25) is 5.02 Å². The van der Waals surface area contributed by atoms with Crippen molar-refractivity contribution in [2.24, 2.45) is 0 Å². The molecule has 0 fully saturated rings. The van der Waals surface area contributed by atoms with E-state index in [-0.39, 0.29) is 0 Å². The monoisotopic (exact) mass is 341 g/mol. The lowest BCUT2D eigenvalue weighted by molar-refractivity contribution is 0.306. The normalized spacial score (nSPS) is 10.2. The van der Waals surface area contributed by atoms with E-state index in [9.17, 15) is 0 Å². The van der Waals surface area contributed by atoms with Crippen LogP contribution in [-0.2, 0) is 6.61 Å². The summed E-state index contributed by atoms with van der Waals surface area (Å²) < 4.78 is 10.9. The van der Waals surface area contributed by atoms with Crippen LogP contribution in [0.4, 0.5) is 11.6 Å². The molecule has 0 bridgehead atoms. The zero-order valence-corrected chi connectivity index (χ0v) is 13.8. The van der Waals surface area contributed by atoms with Crippen LogP contribution in [0.1, 0.15) is 5.56 Å². The van der Waals surface area contributed by atoms with Gasteiger partial charge in [0, 0.05) is 24.0 Å². The molecule has 0 atom stereocenters. The molecular weight excluding hydrogens is 326 g/mol. The minimum Gasteiger partial charge on any atom is -0.487 e. The molecule has 0 spiro atoms. The average molecular weight is 342 g/mol. The molecule has 0 radical (unpaired) electrons. The maximum Gasteiger partial charge on any atom is 0.230 e. The Bertz CT molecular complexity index is 812. The maximum absolute atomic E-state index is 6.21. The van der Waals surface area contributed by atoms with Gasteiger partial charge in [-0.1, -0.05) is 41.9 Å². The smallest absolute Gasteiger partial charge is 0.230 e. The number of aromatic nitrogens is 2. The molecule has 0 unspecified atom stereocenters. The third kappa shape index (κ3) is 4.14. The van der Waals surface area contributed by atoms with E-state index in [0.29, 0.717) is 29.2 Å². The lowest BCUT2D eigenvalue weighted by Crippen LogP contribution is -2.00. The molecule has 2 aromatic carbocycles. The van der Waals surface area contributed by atoms with Gasteiger partial charge >= 0.3 is 0 Å². The highest BCUT2D eigenvalue weighted by atomic mass is 35.5. The van der Waals surface area contributed by atoms with Crippen molar-refractivity contribution in [1.82, 2.24) is 9.97 Å². The van der Waals surface area contributed by atoms with Crippen LogP contribution >= 0.6 is 11.6 Å². The number of nitrogens with zero attached hydrogens (tertiary/aromatic N) is 2. The molecule has 0 amide bonds. The first-order valence-corrected chi connectivity index (χ1v) is 7.73. The van der Waals surface area contributed by atoms with E-state index in [1.54, 1.807) is 25.4 Å². The lowest BCUT2D eigenvalue weighted by Gasteiger charge is -2.11. The molecule has 6 heteroatoms. The molecular formula is C18H16ClN3O2. The average Bonchev–Trinajstić information content (AvgIpc) is 2.63. The zero-order chi connectivity index (χ0) is 16.8. The molecule has 0 aliphatic heterocycles. The third-order valence-electron chi connectivity index (χ3n) is 3.26. The minimum atomic E-state index is 0.436. The van der Waals surface area contributed by atoms with Crippen molar-refractivity contribution in [3.8, 4) is 11.6 Å². The SMILES string of the molecule is COc1ccnc(Nc2ccc(Cl)c(OCc3ccccc3)c2)n1. The number of benzene rings is 2. The first-order valence-electron chi connectivity index (χ1n) is 7.35. The molecule has 0 aliphatic rings.